The minimum atomic E-state index is 0.0700. The number of anilines is 2. The number of aromatic nitrogens is 1. The van der Waals surface area contributed by atoms with Crippen LogP contribution in [0.25, 0.3) is 10.9 Å². The second kappa shape index (κ2) is 8.08. The van der Waals surface area contributed by atoms with Crippen LogP contribution >= 0.6 is 0 Å². The van der Waals surface area contributed by atoms with Gasteiger partial charge in [0, 0.05) is 37.8 Å². The van der Waals surface area contributed by atoms with Crippen molar-refractivity contribution in [3.05, 3.63) is 65.7 Å². The van der Waals surface area contributed by atoms with Crippen molar-refractivity contribution in [1.82, 2.24) is 9.88 Å². The molecule has 3 rings (SSSR count). The van der Waals surface area contributed by atoms with Gasteiger partial charge in [0.15, 0.2) is 0 Å². The first-order valence-corrected chi connectivity index (χ1v) is 9.28. The summed E-state index contributed by atoms with van der Waals surface area (Å²) in [6.07, 6.45) is 0. The highest BCUT2D eigenvalue weighted by atomic mass is 16.2. The Hall–Kier alpha value is -3.08. The van der Waals surface area contributed by atoms with Crippen molar-refractivity contribution in [2.24, 2.45) is 0 Å². The first kappa shape index (κ1) is 18.7. The van der Waals surface area contributed by atoms with Crippen LogP contribution in [0.2, 0.25) is 0 Å². The van der Waals surface area contributed by atoms with Crippen molar-refractivity contribution in [1.29, 1.82) is 0 Å². The van der Waals surface area contributed by atoms with E-state index in [-0.39, 0.29) is 5.91 Å². The van der Waals surface area contributed by atoms with Crippen molar-refractivity contribution < 1.29 is 4.79 Å². The molecule has 3 aromatic rings. The summed E-state index contributed by atoms with van der Waals surface area (Å²) in [5.41, 5.74) is 9.47. The third kappa shape index (κ3) is 4.03. The SMILES string of the molecule is CCN(CC)C(=O)c1ccccc1N(C)Cc1ccc2nc(N)ccc2c1. The van der Waals surface area contributed by atoms with Crippen molar-refractivity contribution in [3.8, 4) is 0 Å². The van der Waals surface area contributed by atoms with Gasteiger partial charge in [-0.1, -0.05) is 18.2 Å². The molecule has 0 aliphatic rings. The van der Waals surface area contributed by atoms with Crippen LogP contribution in [0.4, 0.5) is 11.5 Å². The first-order chi connectivity index (χ1) is 13.0. The summed E-state index contributed by atoms with van der Waals surface area (Å²) in [6.45, 7) is 6.11. The molecule has 1 heterocycles. The van der Waals surface area contributed by atoms with Gasteiger partial charge < -0.3 is 15.5 Å². The topological polar surface area (TPSA) is 62.5 Å². The van der Waals surface area contributed by atoms with Crippen molar-refractivity contribution >= 4 is 28.3 Å². The van der Waals surface area contributed by atoms with Gasteiger partial charge in [0.2, 0.25) is 0 Å². The molecule has 0 radical (unpaired) electrons. The predicted octanol–water partition coefficient (Wildman–Crippen LogP) is 3.94. The molecule has 0 aliphatic carbocycles. The minimum Gasteiger partial charge on any atom is -0.384 e. The molecule has 140 valence electrons. The molecule has 1 aromatic heterocycles. The Balaban J connectivity index is 1.87. The van der Waals surface area contributed by atoms with E-state index < -0.39 is 0 Å². The molecule has 0 spiro atoms. The third-order valence-electron chi connectivity index (χ3n) is 4.79. The number of carbonyl (C=O) groups is 1. The molecule has 0 fully saturated rings. The molecule has 2 N–H and O–H groups in total. The fourth-order valence-corrected chi connectivity index (χ4v) is 3.32. The Morgan fingerprint density at radius 1 is 1.04 bits per heavy atom. The highest BCUT2D eigenvalue weighted by molar-refractivity contribution is 5.99. The maximum atomic E-state index is 12.9. The number of benzene rings is 2. The third-order valence-corrected chi connectivity index (χ3v) is 4.79. The molecule has 1 amide bonds. The number of pyridine rings is 1. The van der Waals surface area contributed by atoms with Crippen molar-refractivity contribution in [3.63, 3.8) is 0 Å². The fraction of sp³-hybridized carbons (Fsp3) is 0.273. The van der Waals surface area contributed by atoms with Crippen LogP contribution in [0.3, 0.4) is 0 Å². The Morgan fingerprint density at radius 2 is 1.78 bits per heavy atom. The lowest BCUT2D eigenvalue weighted by molar-refractivity contribution is 0.0773. The number of carbonyl (C=O) groups excluding carboxylic acids is 1. The lowest BCUT2D eigenvalue weighted by atomic mass is 10.1. The van der Waals surface area contributed by atoms with Crippen LogP contribution in [0, 0.1) is 0 Å². The molecule has 0 saturated heterocycles. The molecular formula is C22H26N4O. The predicted molar refractivity (Wildman–Crippen MR) is 112 cm³/mol. The Kier molecular flexibility index (Phi) is 5.60. The van der Waals surface area contributed by atoms with Crippen molar-refractivity contribution in [2.75, 3.05) is 30.8 Å². The highest BCUT2D eigenvalue weighted by Crippen LogP contribution is 2.24. The zero-order chi connectivity index (χ0) is 19.4. The highest BCUT2D eigenvalue weighted by Gasteiger charge is 2.18. The molecule has 5 nitrogen and oxygen atoms in total. The van der Waals surface area contributed by atoms with Gasteiger partial charge in [0.05, 0.1) is 11.1 Å². The van der Waals surface area contributed by atoms with E-state index >= 15 is 0 Å². The summed E-state index contributed by atoms with van der Waals surface area (Å²) in [4.78, 5) is 21.2. The van der Waals surface area contributed by atoms with Crippen LogP contribution in [0.1, 0.15) is 29.8 Å². The van der Waals surface area contributed by atoms with E-state index in [0.717, 1.165) is 27.7 Å². The van der Waals surface area contributed by atoms with E-state index in [9.17, 15) is 4.79 Å². The zero-order valence-electron chi connectivity index (χ0n) is 16.1. The molecule has 0 aliphatic heterocycles. The van der Waals surface area contributed by atoms with Gasteiger partial charge in [-0.3, -0.25) is 4.79 Å². The molecule has 5 heteroatoms. The molecule has 2 aromatic carbocycles. The number of amides is 1. The standard InChI is InChI=1S/C22H26N4O/c1-4-26(5-2)22(27)18-8-6-7-9-20(18)25(3)15-16-10-12-19-17(14-16)11-13-21(23)24-19/h6-14H,4-5,15H2,1-3H3,(H2,23,24). The van der Waals surface area contributed by atoms with E-state index in [2.05, 4.69) is 22.0 Å². The zero-order valence-corrected chi connectivity index (χ0v) is 16.1. The Morgan fingerprint density at radius 3 is 2.52 bits per heavy atom. The molecule has 0 bridgehead atoms. The minimum absolute atomic E-state index is 0.0700. The number of nitrogens with zero attached hydrogens (tertiary/aromatic N) is 3. The normalized spacial score (nSPS) is 10.8. The van der Waals surface area contributed by atoms with Gasteiger partial charge in [-0.05, 0) is 55.8 Å². The average molecular weight is 362 g/mol. The van der Waals surface area contributed by atoms with E-state index in [4.69, 9.17) is 5.73 Å². The number of hydrogen-bond acceptors (Lipinski definition) is 4. The summed E-state index contributed by atoms with van der Waals surface area (Å²) in [7, 11) is 2.01. The molecule has 0 atom stereocenters. The number of nitrogen functional groups attached to an aromatic ring is 1. The number of fused-ring (bicyclic) bond motifs is 1. The quantitative estimate of drug-likeness (QED) is 0.721. The maximum Gasteiger partial charge on any atom is 0.255 e. The molecule has 0 unspecified atom stereocenters. The summed E-state index contributed by atoms with van der Waals surface area (Å²) in [5.74, 6) is 0.594. The van der Waals surface area contributed by atoms with E-state index in [1.165, 1.54) is 0 Å². The van der Waals surface area contributed by atoms with Crippen LogP contribution < -0.4 is 10.6 Å². The van der Waals surface area contributed by atoms with Crippen molar-refractivity contribution in [2.45, 2.75) is 20.4 Å². The summed E-state index contributed by atoms with van der Waals surface area (Å²) in [5, 5.41) is 1.06. The molecule has 27 heavy (non-hydrogen) atoms. The lowest BCUT2D eigenvalue weighted by Gasteiger charge is -2.25. The largest absolute Gasteiger partial charge is 0.384 e. The molecular weight excluding hydrogens is 336 g/mol. The van der Waals surface area contributed by atoms with Gasteiger partial charge in [-0.15, -0.1) is 0 Å². The lowest BCUT2D eigenvalue weighted by Crippen LogP contribution is -2.32. The van der Waals surface area contributed by atoms with Crippen LogP contribution in [-0.2, 0) is 6.54 Å². The summed E-state index contributed by atoms with van der Waals surface area (Å²) < 4.78 is 0. The Labute approximate surface area is 160 Å². The summed E-state index contributed by atoms with van der Waals surface area (Å²) in [6, 6.07) is 17.7. The molecule has 0 saturated carbocycles. The monoisotopic (exact) mass is 362 g/mol. The number of nitrogens with two attached hydrogens (primary N) is 1. The number of para-hydroxylation sites is 1. The number of hydrogen-bond donors (Lipinski definition) is 1. The van der Waals surface area contributed by atoms with Crippen LogP contribution in [0.5, 0.6) is 0 Å². The van der Waals surface area contributed by atoms with Crippen LogP contribution in [0.15, 0.2) is 54.6 Å². The second-order valence-corrected chi connectivity index (χ2v) is 6.61. The Bertz CT molecular complexity index is 950. The van der Waals surface area contributed by atoms with Crippen LogP contribution in [-0.4, -0.2) is 35.9 Å². The van der Waals surface area contributed by atoms with Gasteiger partial charge in [-0.25, -0.2) is 4.98 Å². The second-order valence-electron chi connectivity index (χ2n) is 6.61. The van der Waals surface area contributed by atoms with Gasteiger partial charge in [0.1, 0.15) is 5.82 Å². The first-order valence-electron chi connectivity index (χ1n) is 9.28. The van der Waals surface area contributed by atoms with E-state index in [1.807, 2.05) is 68.3 Å². The smallest absolute Gasteiger partial charge is 0.255 e. The summed E-state index contributed by atoms with van der Waals surface area (Å²) >= 11 is 0. The van der Waals surface area contributed by atoms with Gasteiger partial charge in [-0.2, -0.15) is 0 Å². The maximum absolute atomic E-state index is 12.9. The fourth-order valence-electron chi connectivity index (χ4n) is 3.32. The number of rotatable bonds is 6. The average Bonchev–Trinajstić information content (AvgIpc) is 2.69. The van der Waals surface area contributed by atoms with Gasteiger partial charge in [0.25, 0.3) is 5.91 Å². The van der Waals surface area contributed by atoms with Gasteiger partial charge >= 0.3 is 0 Å². The van der Waals surface area contributed by atoms with E-state index in [1.54, 1.807) is 0 Å². The van der Waals surface area contributed by atoms with E-state index in [0.29, 0.717) is 25.5 Å².